The first kappa shape index (κ1) is 23.2. The van der Waals surface area contributed by atoms with Crippen LogP contribution in [0.25, 0.3) is 0 Å². The van der Waals surface area contributed by atoms with E-state index in [4.69, 9.17) is 9.47 Å². The Morgan fingerprint density at radius 2 is 1.90 bits per heavy atom. The number of benzene rings is 2. The zero-order chi connectivity index (χ0) is 22.6. The average molecular weight is 447 g/mol. The number of nitrogens with zero attached hydrogens (tertiary/aromatic N) is 1. The van der Waals surface area contributed by atoms with Gasteiger partial charge in [-0.15, -0.1) is 0 Å². The maximum atomic E-state index is 13.1. The Bertz CT molecular complexity index is 1030. The normalized spacial score (nSPS) is 16.3. The van der Waals surface area contributed by atoms with Crippen LogP contribution in [0.1, 0.15) is 44.9 Å². The van der Waals surface area contributed by atoms with Gasteiger partial charge in [-0.1, -0.05) is 38.1 Å². The summed E-state index contributed by atoms with van der Waals surface area (Å²) in [5.74, 6) is 0.0454. The molecule has 31 heavy (non-hydrogen) atoms. The number of carbonyl (C=O) groups excluding carboxylic acids is 1. The van der Waals surface area contributed by atoms with Gasteiger partial charge in [0.05, 0.1) is 23.3 Å². The van der Waals surface area contributed by atoms with Gasteiger partial charge in [0.1, 0.15) is 5.75 Å². The Labute approximate surface area is 184 Å². The average Bonchev–Trinajstić information content (AvgIpc) is 2.74. The summed E-state index contributed by atoms with van der Waals surface area (Å²) in [7, 11) is -3.68. The molecule has 1 N–H and O–H groups in total. The minimum Gasteiger partial charge on any atom is -0.489 e. The molecule has 1 atom stereocenters. The fourth-order valence-electron chi connectivity index (χ4n) is 3.65. The van der Waals surface area contributed by atoms with Gasteiger partial charge in [0.15, 0.2) is 6.10 Å². The maximum absolute atomic E-state index is 13.1. The van der Waals surface area contributed by atoms with Crippen LogP contribution in [-0.2, 0) is 26.0 Å². The molecule has 1 aliphatic heterocycles. The van der Waals surface area contributed by atoms with Crippen LogP contribution in [0, 0.1) is 0 Å². The summed E-state index contributed by atoms with van der Waals surface area (Å²) >= 11 is 0. The molecule has 7 nitrogen and oxygen atoms in total. The number of ether oxygens (including phenoxy) is 2. The molecule has 0 saturated heterocycles. The maximum Gasteiger partial charge on any atom is 0.258 e. The molecule has 1 heterocycles. The molecule has 8 heteroatoms. The first-order chi connectivity index (χ1) is 14.8. The Kier molecular flexibility index (Phi) is 7.35. The van der Waals surface area contributed by atoms with Crippen molar-refractivity contribution in [2.45, 2.75) is 51.2 Å². The fourth-order valence-corrected chi connectivity index (χ4v) is 5.13. The molecule has 0 bridgehead atoms. The lowest BCUT2D eigenvalue weighted by molar-refractivity contribution is -0.128. The first-order valence-corrected chi connectivity index (χ1v) is 12.0. The molecule has 0 aromatic heterocycles. The largest absolute Gasteiger partial charge is 0.489 e. The molecule has 1 amide bonds. The van der Waals surface area contributed by atoms with E-state index in [0.717, 1.165) is 17.5 Å². The van der Waals surface area contributed by atoms with Crippen molar-refractivity contribution < 1.29 is 22.7 Å². The van der Waals surface area contributed by atoms with E-state index in [1.165, 1.54) is 16.4 Å². The fraction of sp³-hybridized carbons (Fsp3) is 0.435. The zero-order valence-electron chi connectivity index (χ0n) is 18.4. The molecule has 2 aromatic carbocycles. The molecule has 0 unspecified atom stereocenters. The van der Waals surface area contributed by atoms with Gasteiger partial charge in [0.2, 0.25) is 10.0 Å². The lowest BCUT2D eigenvalue weighted by Crippen LogP contribution is -2.31. The lowest BCUT2D eigenvalue weighted by Gasteiger charge is -2.26. The van der Waals surface area contributed by atoms with E-state index in [0.29, 0.717) is 31.1 Å². The highest BCUT2D eigenvalue weighted by molar-refractivity contribution is 7.89. The van der Waals surface area contributed by atoms with Crippen LogP contribution in [0.2, 0.25) is 0 Å². The Balaban J connectivity index is 1.96. The second-order valence-corrected chi connectivity index (χ2v) is 9.54. The molecule has 0 radical (unpaired) electrons. The molecule has 2 aromatic rings. The van der Waals surface area contributed by atoms with Crippen LogP contribution in [0.15, 0.2) is 47.4 Å². The summed E-state index contributed by atoms with van der Waals surface area (Å²) in [4.78, 5) is 13.2. The van der Waals surface area contributed by atoms with Gasteiger partial charge < -0.3 is 14.8 Å². The van der Waals surface area contributed by atoms with Gasteiger partial charge >= 0.3 is 0 Å². The predicted octanol–water partition coefficient (Wildman–Crippen LogP) is 3.76. The first-order valence-electron chi connectivity index (χ1n) is 10.6. The summed E-state index contributed by atoms with van der Waals surface area (Å²) in [6, 6.07) is 12.2. The third kappa shape index (κ3) is 5.08. The molecule has 1 aliphatic rings. The molecular formula is C23H30N2O5S. The minimum atomic E-state index is -3.68. The van der Waals surface area contributed by atoms with E-state index >= 15 is 0 Å². The number of amides is 1. The number of hydrogen-bond donors (Lipinski definition) is 1. The summed E-state index contributed by atoms with van der Waals surface area (Å²) in [6.45, 7) is 8.48. The highest BCUT2D eigenvalue weighted by Crippen LogP contribution is 2.33. The van der Waals surface area contributed by atoms with E-state index in [-0.39, 0.29) is 16.9 Å². The van der Waals surface area contributed by atoms with E-state index < -0.39 is 16.1 Å². The monoisotopic (exact) mass is 446 g/mol. The predicted molar refractivity (Wildman–Crippen MR) is 120 cm³/mol. The van der Waals surface area contributed by atoms with E-state index in [9.17, 15) is 13.2 Å². The second-order valence-electron chi connectivity index (χ2n) is 7.60. The summed E-state index contributed by atoms with van der Waals surface area (Å²) in [5.41, 5.74) is 2.20. The molecule has 0 aliphatic carbocycles. The molecule has 0 fully saturated rings. The van der Waals surface area contributed by atoms with E-state index in [1.807, 2.05) is 38.1 Å². The van der Waals surface area contributed by atoms with E-state index in [1.54, 1.807) is 19.9 Å². The van der Waals surface area contributed by atoms with Crippen molar-refractivity contribution in [1.29, 1.82) is 0 Å². The highest BCUT2D eigenvalue weighted by Gasteiger charge is 2.29. The van der Waals surface area contributed by atoms with Crippen LogP contribution in [0.3, 0.4) is 0 Å². The Morgan fingerprint density at radius 3 is 2.58 bits per heavy atom. The number of anilines is 1. The Morgan fingerprint density at radius 1 is 1.19 bits per heavy atom. The van der Waals surface area contributed by atoms with E-state index in [2.05, 4.69) is 5.32 Å². The third-order valence-corrected chi connectivity index (χ3v) is 7.19. The number of sulfonamides is 1. The number of nitrogens with one attached hydrogen (secondary N) is 1. The van der Waals surface area contributed by atoms with Gasteiger partial charge in [0, 0.05) is 13.1 Å². The summed E-state index contributed by atoms with van der Waals surface area (Å²) in [6.07, 6.45) is -0.161. The topological polar surface area (TPSA) is 84.9 Å². The molecule has 3 rings (SSSR count). The van der Waals surface area contributed by atoms with Gasteiger partial charge in [-0.3, -0.25) is 4.79 Å². The van der Waals surface area contributed by atoms with Crippen molar-refractivity contribution in [2.24, 2.45) is 0 Å². The Hall–Kier alpha value is -2.42. The van der Waals surface area contributed by atoms with Gasteiger partial charge in [-0.2, -0.15) is 4.31 Å². The highest BCUT2D eigenvalue weighted by atomic mass is 32.2. The summed E-state index contributed by atoms with van der Waals surface area (Å²) in [5, 5.41) is 2.84. The number of carbonyl (C=O) groups is 1. The van der Waals surface area contributed by atoms with Crippen LogP contribution in [-0.4, -0.2) is 44.4 Å². The number of fused-ring (bicyclic) bond motifs is 1. The lowest BCUT2D eigenvalue weighted by atomic mass is 9.97. The van der Waals surface area contributed by atoms with Gasteiger partial charge in [-0.05, 0) is 49.6 Å². The van der Waals surface area contributed by atoms with Gasteiger partial charge in [0.25, 0.3) is 5.91 Å². The van der Waals surface area contributed by atoms with Crippen molar-refractivity contribution in [3.8, 4) is 5.75 Å². The minimum absolute atomic E-state index is 0.104. The standard InChI is InChI=1S/C23H30N2O5S/c1-5-25(6-2)31(27,28)18-11-12-21(30-16(3)4)20(15-18)24-23(26)22-19-10-8-7-9-17(19)13-14-29-22/h7-12,15-16,22H,5-6,13-14H2,1-4H3,(H,24,26)/t22-/m1/s1. The molecule has 168 valence electrons. The molecule has 0 spiro atoms. The van der Waals surface area contributed by atoms with Crippen LogP contribution >= 0.6 is 0 Å². The number of rotatable bonds is 8. The SMILES string of the molecule is CCN(CC)S(=O)(=O)c1ccc(OC(C)C)c(NC(=O)[C@@H]2OCCc3ccccc32)c1. The van der Waals surface area contributed by atoms with Crippen LogP contribution in [0.4, 0.5) is 5.69 Å². The molecular weight excluding hydrogens is 416 g/mol. The van der Waals surface area contributed by atoms with Crippen molar-refractivity contribution in [3.63, 3.8) is 0 Å². The van der Waals surface area contributed by atoms with Crippen LogP contribution < -0.4 is 10.1 Å². The quantitative estimate of drug-likeness (QED) is 0.667. The zero-order valence-corrected chi connectivity index (χ0v) is 19.2. The van der Waals surface area contributed by atoms with Crippen molar-refractivity contribution in [3.05, 3.63) is 53.6 Å². The number of hydrogen-bond acceptors (Lipinski definition) is 5. The van der Waals surface area contributed by atoms with Crippen molar-refractivity contribution in [1.82, 2.24) is 4.31 Å². The summed E-state index contributed by atoms with van der Waals surface area (Å²) < 4.78 is 38.9. The van der Waals surface area contributed by atoms with Crippen LogP contribution in [0.5, 0.6) is 5.75 Å². The molecule has 0 saturated carbocycles. The van der Waals surface area contributed by atoms with Gasteiger partial charge in [-0.25, -0.2) is 8.42 Å². The van der Waals surface area contributed by atoms with Crippen molar-refractivity contribution >= 4 is 21.6 Å². The second kappa shape index (κ2) is 9.80. The van der Waals surface area contributed by atoms with Crippen molar-refractivity contribution in [2.75, 3.05) is 25.0 Å². The smallest absolute Gasteiger partial charge is 0.258 e. The third-order valence-electron chi connectivity index (χ3n) is 5.15.